The maximum Gasteiger partial charge on any atom is 0.323 e. The predicted octanol–water partition coefficient (Wildman–Crippen LogP) is 0.818. The van der Waals surface area contributed by atoms with Crippen LogP contribution in [-0.4, -0.2) is 29.8 Å². The van der Waals surface area contributed by atoms with Crippen LogP contribution in [0.4, 0.5) is 0 Å². The van der Waals surface area contributed by atoms with Gasteiger partial charge in [0.2, 0.25) is 0 Å². The topological polar surface area (TPSA) is 72.5 Å². The van der Waals surface area contributed by atoms with E-state index in [2.05, 4.69) is 6.92 Å². The second kappa shape index (κ2) is 6.08. The van der Waals surface area contributed by atoms with Gasteiger partial charge in [-0.2, -0.15) is 0 Å². The zero-order valence-corrected chi connectivity index (χ0v) is 9.32. The van der Waals surface area contributed by atoms with Gasteiger partial charge in [-0.3, -0.25) is 4.79 Å². The summed E-state index contributed by atoms with van der Waals surface area (Å²) < 4.78 is 5.28. The molecule has 3 N–H and O–H groups in total. The van der Waals surface area contributed by atoms with Crippen molar-refractivity contribution >= 4 is 5.97 Å². The Morgan fingerprint density at radius 2 is 2.07 bits per heavy atom. The van der Waals surface area contributed by atoms with Crippen molar-refractivity contribution in [2.75, 3.05) is 6.61 Å². The van der Waals surface area contributed by atoms with Crippen LogP contribution in [0.1, 0.15) is 39.0 Å². The van der Waals surface area contributed by atoms with Gasteiger partial charge in [0.15, 0.2) is 0 Å². The lowest BCUT2D eigenvalue weighted by Gasteiger charge is -2.26. The highest BCUT2D eigenvalue weighted by Gasteiger charge is 2.23. The lowest BCUT2D eigenvalue weighted by atomic mass is 9.89. The predicted molar refractivity (Wildman–Crippen MR) is 57.2 cm³/mol. The molecule has 0 unspecified atom stereocenters. The van der Waals surface area contributed by atoms with Crippen LogP contribution in [-0.2, 0) is 9.53 Å². The van der Waals surface area contributed by atoms with Gasteiger partial charge in [0.25, 0.3) is 0 Å². The summed E-state index contributed by atoms with van der Waals surface area (Å²) in [4.78, 5) is 11.4. The van der Waals surface area contributed by atoms with Crippen molar-refractivity contribution in [2.24, 2.45) is 11.7 Å². The molecule has 0 amide bonds. The van der Waals surface area contributed by atoms with Gasteiger partial charge in [-0.25, -0.2) is 0 Å². The molecule has 0 aromatic carbocycles. The molecule has 15 heavy (non-hydrogen) atoms. The van der Waals surface area contributed by atoms with E-state index in [4.69, 9.17) is 15.6 Å². The second-order valence-electron chi connectivity index (χ2n) is 4.44. The number of carbonyl (C=O) groups is 1. The average molecular weight is 215 g/mol. The number of rotatable bonds is 4. The van der Waals surface area contributed by atoms with E-state index in [1.807, 2.05) is 0 Å². The van der Waals surface area contributed by atoms with E-state index < -0.39 is 6.04 Å². The van der Waals surface area contributed by atoms with E-state index in [0.717, 1.165) is 31.6 Å². The molecule has 0 spiro atoms. The van der Waals surface area contributed by atoms with Gasteiger partial charge in [0, 0.05) is 6.61 Å². The van der Waals surface area contributed by atoms with Crippen LogP contribution in [0.2, 0.25) is 0 Å². The molecular formula is C11H21NO3. The molecule has 4 nitrogen and oxygen atoms in total. The lowest BCUT2D eigenvalue weighted by molar-refractivity contribution is -0.152. The second-order valence-corrected chi connectivity index (χ2v) is 4.44. The number of carbonyl (C=O) groups excluding carboxylic acids is 1. The van der Waals surface area contributed by atoms with Gasteiger partial charge >= 0.3 is 5.97 Å². The van der Waals surface area contributed by atoms with Crippen molar-refractivity contribution in [3.8, 4) is 0 Å². The average Bonchev–Trinajstić information content (AvgIpc) is 2.22. The minimum absolute atomic E-state index is 0.0402. The smallest absolute Gasteiger partial charge is 0.323 e. The first-order chi connectivity index (χ1) is 7.13. The van der Waals surface area contributed by atoms with Crippen molar-refractivity contribution in [3.05, 3.63) is 0 Å². The highest BCUT2D eigenvalue weighted by atomic mass is 16.5. The molecule has 0 bridgehead atoms. The highest BCUT2D eigenvalue weighted by Crippen LogP contribution is 2.25. The molecule has 0 aromatic heterocycles. The zero-order valence-electron chi connectivity index (χ0n) is 9.32. The Morgan fingerprint density at radius 3 is 2.60 bits per heavy atom. The first-order valence-corrected chi connectivity index (χ1v) is 5.70. The fourth-order valence-electron chi connectivity index (χ4n) is 1.86. The van der Waals surface area contributed by atoms with Crippen molar-refractivity contribution in [1.82, 2.24) is 0 Å². The fraction of sp³-hybridized carbons (Fsp3) is 0.909. The van der Waals surface area contributed by atoms with E-state index in [-0.39, 0.29) is 25.1 Å². The van der Waals surface area contributed by atoms with Gasteiger partial charge in [-0.15, -0.1) is 0 Å². The van der Waals surface area contributed by atoms with E-state index in [1.54, 1.807) is 0 Å². The fourth-order valence-corrected chi connectivity index (χ4v) is 1.86. The molecule has 88 valence electrons. The molecule has 0 heterocycles. The standard InChI is InChI=1S/C11H21NO3/c1-8-2-4-9(5-3-8)15-11(14)10(12)6-7-13/h8-10,13H,2-7,12H2,1H3/t8?,9?,10-/m0/s1. The van der Waals surface area contributed by atoms with Crippen LogP contribution in [0.5, 0.6) is 0 Å². The number of esters is 1. The van der Waals surface area contributed by atoms with Gasteiger partial charge in [0.05, 0.1) is 0 Å². The minimum atomic E-state index is -0.672. The summed E-state index contributed by atoms with van der Waals surface area (Å²) in [6.45, 7) is 2.15. The van der Waals surface area contributed by atoms with Crippen LogP contribution >= 0.6 is 0 Å². The third-order valence-electron chi connectivity index (χ3n) is 2.99. The number of aliphatic hydroxyl groups excluding tert-OH is 1. The maximum absolute atomic E-state index is 11.4. The molecule has 1 saturated carbocycles. The summed E-state index contributed by atoms with van der Waals surface area (Å²) >= 11 is 0. The first-order valence-electron chi connectivity index (χ1n) is 5.70. The van der Waals surface area contributed by atoms with Gasteiger partial charge in [0.1, 0.15) is 12.1 Å². The molecular weight excluding hydrogens is 194 g/mol. The van der Waals surface area contributed by atoms with Crippen molar-refractivity contribution in [1.29, 1.82) is 0 Å². The molecule has 0 aromatic rings. The molecule has 0 radical (unpaired) electrons. The Labute approximate surface area is 90.8 Å². The summed E-state index contributed by atoms with van der Waals surface area (Å²) in [5.41, 5.74) is 5.54. The van der Waals surface area contributed by atoms with Crippen LogP contribution < -0.4 is 5.73 Å². The largest absolute Gasteiger partial charge is 0.461 e. The first kappa shape index (κ1) is 12.5. The monoisotopic (exact) mass is 215 g/mol. The van der Waals surface area contributed by atoms with Crippen LogP contribution in [0.15, 0.2) is 0 Å². The number of hydrogen-bond donors (Lipinski definition) is 2. The zero-order chi connectivity index (χ0) is 11.3. The van der Waals surface area contributed by atoms with Crippen molar-refractivity contribution < 1.29 is 14.6 Å². The Balaban J connectivity index is 2.25. The lowest BCUT2D eigenvalue weighted by Crippen LogP contribution is -2.36. The highest BCUT2D eigenvalue weighted by molar-refractivity contribution is 5.75. The van der Waals surface area contributed by atoms with Crippen LogP contribution in [0.3, 0.4) is 0 Å². The molecule has 1 fully saturated rings. The summed E-state index contributed by atoms with van der Waals surface area (Å²) in [5, 5.41) is 8.64. The number of nitrogens with two attached hydrogens (primary N) is 1. The summed E-state index contributed by atoms with van der Waals surface area (Å²) in [5.74, 6) is 0.370. The van der Waals surface area contributed by atoms with Crippen molar-refractivity contribution in [2.45, 2.75) is 51.2 Å². The van der Waals surface area contributed by atoms with Gasteiger partial charge < -0.3 is 15.6 Å². The van der Waals surface area contributed by atoms with Gasteiger partial charge in [-0.05, 0) is 38.0 Å². The third-order valence-corrected chi connectivity index (χ3v) is 2.99. The Bertz CT molecular complexity index is 200. The number of aliphatic hydroxyl groups is 1. The maximum atomic E-state index is 11.4. The summed E-state index contributed by atoms with van der Waals surface area (Å²) in [6.07, 6.45) is 4.44. The SMILES string of the molecule is CC1CCC(OC(=O)[C@@H](N)CCO)CC1. The summed E-state index contributed by atoms with van der Waals surface area (Å²) in [6, 6.07) is -0.672. The molecule has 1 atom stereocenters. The van der Waals surface area contributed by atoms with E-state index in [1.165, 1.54) is 0 Å². The van der Waals surface area contributed by atoms with Crippen molar-refractivity contribution in [3.63, 3.8) is 0 Å². The molecule has 4 heteroatoms. The normalized spacial score (nSPS) is 28.5. The minimum Gasteiger partial charge on any atom is -0.461 e. The van der Waals surface area contributed by atoms with E-state index in [9.17, 15) is 4.79 Å². The van der Waals surface area contributed by atoms with Crippen LogP contribution in [0, 0.1) is 5.92 Å². The molecule has 1 rings (SSSR count). The van der Waals surface area contributed by atoms with E-state index >= 15 is 0 Å². The molecule has 0 aliphatic heterocycles. The van der Waals surface area contributed by atoms with Crippen LogP contribution in [0.25, 0.3) is 0 Å². The third kappa shape index (κ3) is 4.18. The van der Waals surface area contributed by atoms with E-state index in [0.29, 0.717) is 0 Å². The summed E-state index contributed by atoms with van der Waals surface area (Å²) in [7, 11) is 0. The quantitative estimate of drug-likeness (QED) is 0.681. The Hall–Kier alpha value is -0.610. The number of ether oxygens (including phenoxy) is 1. The Kier molecular flexibility index (Phi) is 5.05. The molecule has 0 saturated heterocycles. The molecule has 1 aliphatic rings. The van der Waals surface area contributed by atoms with Gasteiger partial charge in [-0.1, -0.05) is 6.92 Å². The number of hydrogen-bond acceptors (Lipinski definition) is 4. The molecule has 1 aliphatic carbocycles. The Morgan fingerprint density at radius 1 is 1.47 bits per heavy atom.